The lowest BCUT2D eigenvalue weighted by molar-refractivity contribution is -0.141. The van der Waals surface area contributed by atoms with Crippen LogP contribution in [0.1, 0.15) is 17.3 Å². The number of carboxylic acids is 1. The van der Waals surface area contributed by atoms with Gasteiger partial charge in [0.15, 0.2) is 5.82 Å². The van der Waals surface area contributed by atoms with Gasteiger partial charge in [0.1, 0.15) is 0 Å². The van der Waals surface area contributed by atoms with Gasteiger partial charge in [-0.2, -0.15) is 4.98 Å². The average Bonchev–Trinajstić information content (AvgIpc) is 2.84. The van der Waals surface area contributed by atoms with Crippen LogP contribution in [0.15, 0.2) is 28.8 Å². The molecule has 1 atom stereocenters. The van der Waals surface area contributed by atoms with Crippen molar-refractivity contribution in [2.45, 2.75) is 19.9 Å². The fourth-order valence-corrected chi connectivity index (χ4v) is 2.58. The third-order valence-electron chi connectivity index (χ3n) is 3.49. The molecule has 0 spiro atoms. The van der Waals surface area contributed by atoms with E-state index >= 15 is 0 Å². The summed E-state index contributed by atoms with van der Waals surface area (Å²) in [6.07, 6.45) is 0.563. The van der Waals surface area contributed by atoms with E-state index in [0.717, 1.165) is 11.3 Å². The fraction of sp³-hybridized carbons (Fsp3) is 0.357. The van der Waals surface area contributed by atoms with Crippen LogP contribution in [0.2, 0.25) is 0 Å². The Bertz CT molecular complexity index is 638. The summed E-state index contributed by atoms with van der Waals surface area (Å²) in [4.78, 5) is 17.5. The Hall–Kier alpha value is -2.37. The maximum absolute atomic E-state index is 11.3. The second-order valence-corrected chi connectivity index (χ2v) is 4.98. The van der Waals surface area contributed by atoms with Crippen molar-refractivity contribution in [2.75, 3.05) is 11.4 Å². The number of carboxylic acid groups (broad SMARTS) is 1. The van der Waals surface area contributed by atoms with Gasteiger partial charge in [0.25, 0.3) is 0 Å². The molecule has 6 heteroatoms. The number of aryl methyl sites for hydroxylation is 1. The van der Waals surface area contributed by atoms with E-state index in [2.05, 4.69) is 10.1 Å². The van der Waals surface area contributed by atoms with Gasteiger partial charge in [-0.1, -0.05) is 23.4 Å². The van der Waals surface area contributed by atoms with E-state index in [4.69, 9.17) is 4.52 Å². The lowest BCUT2D eigenvalue weighted by atomic mass is 9.92. The van der Waals surface area contributed by atoms with Gasteiger partial charge in [-0.05, 0) is 18.1 Å². The molecule has 3 rings (SSSR count). The first-order chi connectivity index (χ1) is 9.63. The van der Waals surface area contributed by atoms with Crippen LogP contribution < -0.4 is 4.90 Å². The molecule has 0 fully saturated rings. The minimum atomic E-state index is -0.770. The van der Waals surface area contributed by atoms with Gasteiger partial charge in [-0.15, -0.1) is 0 Å². The number of para-hydroxylation sites is 1. The number of rotatable bonds is 3. The number of hydrogen-bond donors (Lipinski definition) is 1. The molecule has 0 saturated heterocycles. The van der Waals surface area contributed by atoms with Crippen molar-refractivity contribution in [1.82, 2.24) is 10.1 Å². The van der Waals surface area contributed by atoms with Crippen molar-refractivity contribution in [2.24, 2.45) is 5.92 Å². The molecule has 1 aromatic heterocycles. The number of anilines is 1. The summed E-state index contributed by atoms with van der Waals surface area (Å²) in [5, 5.41) is 13.2. The molecule has 104 valence electrons. The average molecular weight is 273 g/mol. The highest BCUT2D eigenvalue weighted by Crippen LogP contribution is 2.30. The van der Waals surface area contributed by atoms with Crippen LogP contribution in [-0.4, -0.2) is 27.8 Å². The molecule has 0 aliphatic carbocycles. The first kappa shape index (κ1) is 12.7. The summed E-state index contributed by atoms with van der Waals surface area (Å²) in [6, 6.07) is 7.85. The van der Waals surface area contributed by atoms with E-state index in [0.29, 0.717) is 31.2 Å². The molecule has 2 heterocycles. The number of carbonyl (C=O) groups is 1. The minimum Gasteiger partial charge on any atom is -0.481 e. The number of benzene rings is 1. The second kappa shape index (κ2) is 4.96. The molecule has 6 nitrogen and oxygen atoms in total. The maximum Gasteiger partial charge on any atom is 0.308 e. The Morgan fingerprint density at radius 2 is 2.30 bits per heavy atom. The quantitative estimate of drug-likeness (QED) is 0.915. The number of fused-ring (bicyclic) bond motifs is 1. The van der Waals surface area contributed by atoms with Crippen LogP contribution >= 0.6 is 0 Å². The van der Waals surface area contributed by atoms with Crippen LogP contribution in [-0.2, 0) is 17.8 Å². The largest absolute Gasteiger partial charge is 0.481 e. The van der Waals surface area contributed by atoms with Crippen LogP contribution in [0, 0.1) is 12.8 Å². The zero-order chi connectivity index (χ0) is 14.1. The van der Waals surface area contributed by atoms with E-state index in [1.54, 1.807) is 6.92 Å². The van der Waals surface area contributed by atoms with Gasteiger partial charge in [0.2, 0.25) is 5.89 Å². The first-order valence-corrected chi connectivity index (χ1v) is 6.48. The van der Waals surface area contributed by atoms with Crippen molar-refractivity contribution in [3.63, 3.8) is 0 Å². The predicted molar refractivity (Wildman–Crippen MR) is 71.4 cm³/mol. The Balaban J connectivity index is 1.90. The first-order valence-electron chi connectivity index (χ1n) is 6.48. The maximum atomic E-state index is 11.3. The van der Waals surface area contributed by atoms with Gasteiger partial charge in [-0.3, -0.25) is 4.79 Å². The zero-order valence-corrected chi connectivity index (χ0v) is 11.1. The standard InChI is InChI=1S/C14H15N3O3/c1-9-15-13(16-20-9)8-17-7-11(14(18)19)6-10-4-2-3-5-12(10)17/h2-5,11H,6-8H2,1H3,(H,18,19). The van der Waals surface area contributed by atoms with Gasteiger partial charge in [0, 0.05) is 19.2 Å². The van der Waals surface area contributed by atoms with Gasteiger partial charge >= 0.3 is 5.97 Å². The normalized spacial score (nSPS) is 17.9. The lowest BCUT2D eigenvalue weighted by Crippen LogP contribution is -2.38. The van der Waals surface area contributed by atoms with Crippen molar-refractivity contribution in [3.05, 3.63) is 41.5 Å². The third-order valence-corrected chi connectivity index (χ3v) is 3.49. The molecular formula is C14H15N3O3. The van der Waals surface area contributed by atoms with Gasteiger partial charge < -0.3 is 14.5 Å². The predicted octanol–water partition coefficient (Wildman–Crippen LogP) is 1.64. The Kier molecular flexibility index (Phi) is 3.14. The van der Waals surface area contributed by atoms with E-state index in [-0.39, 0.29) is 0 Å². The number of hydrogen-bond acceptors (Lipinski definition) is 5. The van der Waals surface area contributed by atoms with E-state index < -0.39 is 11.9 Å². The lowest BCUT2D eigenvalue weighted by Gasteiger charge is -2.33. The van der Waals surface area contributed by atoms with Crippen LogP contribution in [0.4, 0.5) is 5.69 Å². The van der Waals surface area contributed by atoms with Crippen LogP contribution in [0.25, 0.3) is 0 Å². The SMILES string of the molecule is Cc1nc(CN2CC(C(=O)O)Cc3ccccc32)no1. The molecule has 0 saturated carbocycles. The van der Waals surface area contributed by atoms with Gasteiger partial charge in [-0.25, -0.2) is 0 Å². The Morgan fingerprint density at radius 1 is 1.50 bits per heavy atom. The topological polar surface area (TPSA) is 79.5 Å². The number of nitrogens with zero attached hydrogens (tertiary/aromatic N) is 3. The molecular weight excluding hydrogens is 258 g/mol. The summed E-state index contributed by atoms with van der Waals surface area (Å²) < 4.78 is 4.96. The molecule has 1 aliphatic heterocycles. The summed E-state index contributed by atoms with van der Waals surface area (Å²) in [5.74, 6) is -0.0879. The van der Waals surface area contributed by atoms with Crippen molar-refractivity contribution in [3.8, 4) is 0 Å². The van der Waals surface area contributed by atoms with Crippen molar-refractivity contribution < 1.29 is 14.4 Å². The zero-order valence-electron chi connectivity index (χ0n) is 11.1. The molecule has 1 aromatic carbocycles. The smallest absolute Gasteiger partial charge is 0.308 e. The Morgan fingerprint density at radius 3 is 3.00 bits per heavy atom. The molecule has 0 amide bonds. The van der Waals surface area contributed by atoms with Gasteiger partial charge in [0.05, 0.1) is 12.5 Å². The van der Waals surface area contributed by atoms with E-state index in [1.165, 1.54) is 0 Å². The molecule has 0 bridgehead atoms. The van der Waals surface area contributed by atoms with Crippen LogP contribution in [0.5, 0.6) is 0 Å². The third kappa shape index (κ3) is 2.36. The fourth-order valence-electron chi connectivity index (χ4n) is 2.58. The summed E-state index contributed by atoms with van der Waals surface area (Å²) >= 11 is 0. The van der Waals surface area contributed by atoms with E-state index in [1.807, 2.05) is 29.2 Å². The molecule has 1 unspecified atom stereocenters. The molecule has 0 radical (unpaired) electrons. The minimum absolute atomic E-state index is 0.405. The summed E-state index contributed by atoms with van der Waals surface area (Å²) in [6.45, 7) is 2.65. The number of aliphatic carboxylic acids is 1. The molecule has 2 aromatic rings. The van der Waals surface area contributed by atoms with Crippen molar-refractivity contribution in [1.29, 1.82) is 0 Å². The number of aromatic nitrogens is 2. The molecule has 1 N–H and O–H groups in total. The summed E-state index contributed by atoms with van der Waals surface area (Å²) in [5.41, 5.74) is 2.10. The monoisotopic (exact) mass is 273 g/mol. The highest BCUT2D eigenvalue weighted by Gasteiger charge is 2.29. The Labute approximate surface area is 116 Å². The van der Waals surface area contributed by atoms with Crippen molar-refractivity contribution >= 4 is 11.7 Å². The highest BCUT2D eigenvalue weighted by atomic mass is 16.5. The molecule has 1 aliphatic rings. The molecule has 20 heavy (non-hydrogen) atoms. The second-order valence-electron chi connectivity index (χ2n) is 4.98. The van der Waals surface area contributed by atoms with E-state index in [9.17, 15) is 9.90 Å². The summed E-state index contributed by atoms with van der Waals surface area (Å²) in [7, 11) is 0. The highest BCUT2D eigenvalue weighted by molar-refractivity contribution is 5.73. The van der Waals surface area contributed by atoms with Crippen LogP contribution in [0.3, 0.4) is 0 Å².